The normalized spacial score (nSPS) is 12.0. The third kappa shape index (κ3) is 8.97. The summed E-state index contributed by atoms with van der Waals surface area (Å²) in [5.74, 6) is 1.71. The summed E-state index contributed by atoms with van der Waals surface area (Å²) in [6.45, 7) is 3.14. The Morgan fingerprint density at radius 3 is 2.39 bits per heavy atom. The third-order valence-electron chi connectivity index (χ3n) is 4.00. The van der Waals surface area contributed by atoms with Gasteiger partial charge in [-0.3, -0.25) is 0 Å². The van der Waals surface area contributed by atoms with E-state index in [1.165, 1.54) is 5.56 Å². The van der Waals surface area contributed by atoms with Gasteiger partial charge < -0.3 is 24.8 Å². The highest BCUT2D eigenvalue weighted by Crippen LogP contribution is 2.16. The van der Waals surface area contributed by atoms with Gasteiger partial charge >= 0.3 is 0 Å². The first-order chi connectivity index (χ1) is 13.6. The molecule has 0 bridgehead atoms. The molecule has 0 saturated carbocycles. The van der Waals surface area contributed by atoms with Gasteiger partial charge in [-0.05, 0) is 55.4 Å². The molecule has 28 heavy (non-hydrogen) atoms. The first-order valence-corrected chi connectivity index (χ1v) is 11.8. The van der Waals surface area contributed by atoms with E-state index in [2.05, 4.69) is 45.7 Å². The molecule has 0 spiro atoms. The van der Waals surface area contributed by atoms with Crippen LogP contribution in [0.2, 0.25) is 0 Å². The number of nitrogens with one attached hydrogen (secondary N) is 2. The summed E-state index contributed by atoms with van der Waals surface area (Å²) < 4.78 is 23.1. The van der Waals surface area contributed by atoms with Gasteiger partial charge in [0.15, 0.2) is 0 Å². The van der Waals surface area contributed by atoms with E-state index >= 15 is 0 Å². The molecule has 4 N–H and O–H groups in total. The molecule has 8 heteroatoms. The van der Waals surface area contributed by atoms with Crippen LogP contribution in [-0.4, -0.2) is 54.4 Å². The highest BCUT2D eigenvalue weighted by atomic mass is 32.2. The molecule has 0 fully saturated rings. The Kier molecular flexibility index (Phi) is 10.2. The third-order valence-corrected chi connectivity index (χ3v) is 5.35. The van der Waals surface area contributed by atoms with Crippen molar-refractivity contribution in [1.82, 2.24) is 4.90 Å². The van der Waals surface area contributed by atoms with E-state index in [0.29, 0.717) is 13.2 Å². The number of anilines is 2. The van der Waals surface area contributed by atoms with Gasteiger partial charge in [0, 0.05) is 43.0 Å². The fourth-order valence-electron chi connectivity index (χ4n) is 2.47. The number of hydrogen-bond acceptors (Lipinski definition) is 6. The van der Waals surface area contributed by atoms with Crippen molar-refractivity contribution in [3.63, 3.8) is 0 Å². The van der Waals surface area contributed by atoms with E-state index < -0.39 is 11.0 Å². The number of hydrogen-bond donors (Lipinski definition) is 3. The van der Waals surface area contributed by atoms with Gasteiger partial charge in [-0.25, -0.2) is 4.21 Å². The molecule has 6 nitrogen and oxygen atoms in total. The molecule has 0 aliphatic rings. The molecule has 1 atom stereocenters. The van der Waals surface area contributed by atoms with Gasteiger partial charge in [-0.1, -0.05) is 24.1 Å². The molecule has 2 rings (SSSR count). The van der Waals surface area contributed by atoms with E-state index in [1.54, 1.807) is 18.2 Å². The predicted octanol–water partition coefficient (Wildman–Crippen LogP) is 2.96. The Morgan fingerprint density at radius 2 is 1.75 bits per heavy atom. The lowest BCUT2D eigenvalue weighted by molar-refractivity contribution is 0.239. The van der Waals surface area contributed by atoms with Gasteiger partial charge in [0.1, 0.15) is 23.3 Å². The maximum Gasteiger partial charge on any atom is 0.119 e. The zero-order valence-electron chi connectivity index (χ0n) is 16.5. The van der Waals surface area contributed by atoms with Crippen LogP contribution in [0.4, 0.5) is 11.4 Å². The molecule has 0 amide bonds. The minimum Gasteiger partial charge on any atom is -0.492 e. The second kappa shape index (κ2) is 12.7. The largest absolute Gasteiger partial charge is 0.492 e. The monoisotopic (exact) mass is 422 g/mol. The molecule has 2 aromatic carbocycles. The highest BCUT2D eigenvalue weighted by Gasteiger charge is 2.02. The Hall–Kier alpha value is -1.74. The maximum atomic E-state index is 11.1. The molecule has 2 aromatic rings. The van der Waals surface area contributed by atoms with E-state index in [9.17, 15) is 4.21 Å². The summed E-state index contributed by atoms with van der Waals surface area (Å²) in [7, 11) is 1.04. The van der Waals surface area contributed by atoms with E-state index in [-0.39, 0.29) is 0 Å². The quantitative estimate of drug-likeness (QED) is 0.340. The van der Waals surface area contributed by atoms with Crippen molar-refractivity contribution in [3.8, 4) is 5.75 Å². The van der Waals surface area contributed by atoms with Crippen molar-refractivity contribution in [2.75, 3.05) is 54.7 Å². The minimum atomic E-state index is -1.06. The number of ether oxygens (including phenoxy) is 1. The van der Waals surface area contributed by atoms with Gasteiger partial charge in [0.25, 0.3) is 0 Å². The lowest BCUT2D eigenvalue weighted by Gasteiger charge is -2.17. The fraction of sp³-hybridized carbons (Fsp3) is 0.400. The van der Waals surface area contributed by atoms with Crippen LogP contribution in [0.1, 0.15) is 5.56 Å². The Balaban J connectivity index is 1.64. The molecule has 0 radical (unpaired) electrons. The number of likely N-dealkylation sites (N-methyl/N-ethyl adjacent to an activating group) is 1. The number of nitrogens with two attached hydrogens (primary N) is 1. The van der Waals surface area contributed by atoms with E-state index in [1.807, 2.05) is 24.3 Å². The summed E-state index contributed by atoms with van der Waals surface area (Å²) in [6, 6.07) is 16.0. The van der Waals surface area contributed by atoms with Gasteiger partial charge in [-0.2, -0.15) is 0 Å². The number of rotatable bonds is 13. The summed E-state index contributed by atoms with van der Waals surface area (Å²) in [6.07, 6.45) is 2.61. The first-order valence-electron chi connectivity index (χ1n) is 9.25. The standard InChI is InChI=1S/C20H30N4O2S2/c1-24(13-11-17-3-5-18(6-4-17)22-27-16-12-21)14-15-26-20-9-7-19(8-10-20)23-28(2)25/h3-10,22-23H,11-16,21H2,1-2H3. The number of benzene rings is 2. The van der Waals surface area contributed by atoms with Crippen LogP contribution in [0.15, 0.2) is 48.5 Å². The summed E-state index contributed by atoms with van der Waals surface area (Å²) in [5, 5.41) is 0. The Bertz CT molecular complexity index is 711. The molecule has 0 aliphatic carbocycles. The maximum absolute atomic E-state index is 11.1. The van der Waals surface area contributed by atoms with Crippen LogP contribution in [0.25, 0.3) is 0 Å². The summed E-state index contributed by atoms with van der Waals surface area (Å²) >= 11 is 1.63. The van der Waals surface area contributed by atoms with Crippen molar-refractivity contribution in [2.45, 2.75) is 6.42 Å². The molecule has 1 unspecified atom stereocenters. The Labute approximate surface area is 174 Å². The molecular weight excluding hydrogens is 392 g/mol. The predicted molar refractivity (Wildman–Crippen MR) is 122 cm³/mol. The molecule has 0 aliphatic heterocycles. The average molecular weight is 423 g/mol. The summed E-state index contributed by atoms with van der Waals surface area (Å²) in [5.41, 5.74) is 8.74. The lowest BCUT2D eigenvalue weighted by atomic mass is 10.1. The van der Waals surface area contributed by atoms with Crippen molar-refractivity contribution in [2.24, 2.45) is 5.73 Å². The average Bonchev–Trinajstić information content (AvgIpc) is 2.68. The SMILES string of the molecule is CN(CCOc1ccc(NS(C)=O)cc1)CCc1ccc(NSCCN)cc1. The molecule has 154 valence electrons. The van der Waals surface area contributed by atoms with Gasteiger partial charge in [-0.15, -0.1) is 0 Å². The number of nitrogens with zero attached hydrogens (tertiary/aromatic N) is 1. The Morgan fingerprint density at radius 1 is 1.07 bits per heavy atom. The fourth-order valence-corrected chi connectivity index (χ4v) is 3.46. The topological polar surface area (TPSA) is 79.6 Å². The first kappa shape index (κ1) is 22.5. The zero-order chi connectivity index (χ0) is 20.2. The lowest BCUT2D eigenvalue weighted by Crippen LogP contribution is -2.26. The van der Waals surface area contributed by atoms with Crippen LogP contribution in [0, 0.1) is 0 Å². The van der Waals surface area contributed by atoms with Crippen molar-refractivity contribution in [1.29, 1.82) is 0 Å². The van der Waals surface area contributed by atoms with Gasteiger partial charge in [0.2, 0.25) is 0 Å². The molecule has 0 aromatic heterocycles. The summed E-state index contributed by atoms with van der Waals surface area (Å²) in [4.78, 5) is 2.26. The van der Waals surface area contributed by atoms with Crippen molar-refractivity contribution < 1.29 is 8.95 Å². The second-order valence-electron chi connectivity index (χ2n) is 6.42. The molecular formula is C20H30N4O2S2. The van der Waals surface area contributed by atoms with Crippen LogP contribution in [0.5, 0.6) is 5.75 Å². The van der Waals surface area contributed by atoms with E-state index in [4.69, 9.17) is 10.5 Å². The van der Waals surface area contributed by atoms with E-state index in [0.717, 1.165) is 42.4 Å². The van der Waals surface area contributed by atoms with Crippen molar-refractivity contribution in [3.05, 3.63) is 54.1 Å². The molecule has 0 heterocycles. The smallest absolute Gasteiger partial charge is 0.119 e. The van der Waals surface area contributed by atoms with Crippen LogP contribution >= 0.6 is 11.9 Å². The van der Waals surface area contributed by atoms with Crippen LogP contribution in [0.3, 0.4) is 0 Å². The zero-order valence-corrected chi connectivity index (χ0v) is 18.2. The van der Waals surface area contributed by atoms with Crippen LogP contribution in [-0.2, 0) is 17.4 Å². The van der Waals surface area contributed by atoms with Gasteiger partial charge in [0.05, 0.1) is 0 Å². The van der Waals surface area contributed by atoms with Crippen molar-refractivity contribution >= 4 is 34.3 Å². The highest BCUT2D eigenvalue weighted by molar-refractivity contribution is 8.00. The minimum absolute atomic E-state index is 0.629. The van der Waals surface area contributed by atoms with Crippen LogP contribution < -0.4 is 19.9 Å². The molecule has 0 saturated heterocycles. The second-order valence-corrected chi connectivity index (χ2v) is 8.43.